The molecule has 0 bridgehead atoms. The maximum atomic E-state index is 11.0. The molecule has 0 radical (unpaired) electrons. The first-order valence-corrected chi connectivity index (χ1v) is 7.93. The number of nitro benzene ring substituents is 2. The molecule has 1 aromatic rings. The number of nitro groups is 2. The Hall–Kier alpha value is -1.63. The average molecular weight is 312 g/mol. The van der Waals surface area contributed by atoms with Gasteiger partial charge in [-0.1, -0.05) is 39.5 Å². The van der Waals surface area contributed by atoms with E-state index in [9.17, 15) is 20.2 Å². The first kappa shape index (κ1) is 17.4. The van der Waals surface area contributed by atoms with E-state index in [1.807, 2.05) is 6.92 Å². The van der Waals surface area contributed by atoms with Gasteiger partial charge in [-0.2, -0.15) is 0 Å². The summed E-state index contributed by atoms with van der Waals surface area (Å²) >= 11 is 1.41. The van der Waals surface area contributed by atoms with Crippen molar-refractivity contribution in [3.05, 3.63) is 38.4 Å². The Morgan fingerprint density at radius 3 is 2.43 bits per heavy atom. The van der Waals surface area contributed by atoms with Crippen molar-refractivity contribution in [2.45, 2.75) is 56.1 Å². The van der Waals surface area contributed by atoms with Gasteiger partial charge in [0.15, 0.2) is 0 Å². The molecule has 1 aromatic carbocycles. The number of benzene rings is 1. The van der Waals surface area contributed by atoms with Crippen molar-refractivity contribution in [2.24, 2.45) is 0 Å². The molecule has 1 unspecified atom stereocenters. The molecule has 0 amide bonds. The van der Waals surface area contributed by atoms with Gasteiger partial charge in [0.25, 0.3) is 11.4 Å². The monoisotopic (exact) mass is 312 g/mol. The Labute approximate surface area is 128 Å². The highest BCUT2D eigenvalue weighted by Crippen LogP contribution is 2.36. The summed E-state index contributed by atoms with van der Waals surface area (Å²) in [6.45, 7) is 4.18. The van der Waals surface area contributed by atoms with Crippen LogP contribution in [0.25, 0.3) is 0 Å². The van der Waals surface area contributed by atoms with Crippen molar-refractivity contribution in [1.29, 1.82) is 0 Å². The standard InChI is InChI=1S/C14H20N2O4S/c1-3-4-5-6-7-11(2)21-14-9-8-12(15(17)18)10-13(14)16(19)20/h8-11H,3-7H2,1-2H3. The Balaban J connectivity index is 2.73. The van der Waals surface area contributed by atoms with E-state index in [0.717, 1.165) is 18.9 Å². The van der Waals surface area contributed by atoms with Gasteiger partial charge in [0.2, 0.25) is 0 Å². The maximum Gasteiger partial charge on any atom is 0.289 e. The fraction of sp³-hybridized carbons (Fsp3) is 0.571. The Morgan fingerprint density at radius 2 is 1.86 bits per heavy atom. The molecule has 21 heavy (non-hydrogen) atoms. The minimum atomic E-state index is -0.615. The third kappa shape index (κ3) is 5.71. The molecule has 0 aliphatic heterocycles. The zero-order valence-electron chi connectivity index (χ0n) is 12.3. The van der Waals surface area contributed by atoms with Crippen LogP contribution in [-0.2, 0) is 0 Å². The van der Waals surface area contributed by atoms with Crippen LogP contribution in [0.1, 0.15) is 46.0 Å². The Kier molecular flexibility index (Phi) is 7.14. The minimum Gasteiger partial charge on any atom is -0.258 e. The summed E-state index contributed by atoms with van der Waals surface area (Å²) in [6.07, 6.45) is 5.63. The first-order chi connectivity index (χ1) is 9.95. The Morgan fingerprint density at radius 1 is 1.14 bits per heavy atom. The van der Waals surface area contributed by atoms with Crippen molar-refractivity contribution < 1.29 is 9.85 Å². The molecule has 7 heteroatoms. The third-order valence-corrected chi connectivity index (χ3v) is 4.38. The van der Waals surface area contributed by atoms with E-state index >= 15 is 0 Å². The van der Waals surface area contributed by atoms with E-state index in [1.165, 1.54) is 43.2 Å². The van der Waals surface area contributed by atoms with Gasteiger partial charge >= 0.3 is 0 Å². The van der Waals surface area contributed by atoms with Crippen LogP contribution in [-0.4, -0.2) is 15.1 Å². The summed E-state index contributed by atoms with van der Waals surface area (Å²) in [5.41, 5.74) is -0.434. The van der Waals surface area contributed by atoms with Gasteiger partial charge in [-0.25, -0.2) is 0 Å². The van der Waals surface area contributed by atoms with E-state index in [0.29, 0.717) is 4.90 Å². The summed E-state index contributed by atoms with van der Waals surface area (Å²) < 4.78 is 0. The van der Waals surface area contributed by atoms with Gasteiger partial charge < -0.3 is 0 Å². The summed E-state index contributed by atoms with van der Waals surface area (Å²) in [5, 5.41) is 22.0. The van der Waals surface area contributed by atoms with Gasteiger partial charge in [-0.05, 0) is 12.5 Å². The highest BCUT2D eigenvalue weighted by molar-refractivity contribution is 8.00. The molecule has 0 aliphatic carbocycles. The van der Waals surface area contributed by atoms with Crippen LogP contribution in [0.15, 0.2) is 23.1 Å². The van der Waals surface area contributed by atoms with Crippen LogP contribution in [0.2, 0.25) is 0 Å². The molecule has 6 nitrogen and oxygen atoms in total. The summed E-state index contributed by atoms with van der Waals surface area (Å²) in [4.78, 5) is 21.1. The largest absolute Gasteiger partial charge is 0.289 e. The quantitative estimate of drug-likeness (QED) is 0.278. The van der Waals surface area contributed by atoms with Crippen LogP contribution >= 0.6 is 11.8 Å². The van der Waals surface area contributed by atoms with Crippen LogP contribution < -0.4 is 0 Å². The SMILES string of the molecule is CCCCCCC(C)Sc1ccc([N+](=O)[O-])cc1[N+](=O)[O-]. The van der Waals surface area contributed by atoms with Crippen molar-refractivity contribution in [2.75, 3.05) is 0 Å². The molecule has 0 aromatic heterocycles. The summed E-state index contributed by atoms with van der Waals surface area (Å²) in [5.74, 6) is 0. The number of non-ortho nitro benzene ring substituents is 1. The lowest BCUT2D eigenvalue weighted by atomic mass is 10.1. The molecular weight excluding hydrogens is 292 g/mol. The van der Waals surface area contributed by atoms with E-state index in [-0.39, 0.29) is 16.6 Å². The summed E-state index contributed by atoms with van der Waals surface area (Å²) in [7, 11) is 0. The van der Waals surface area contributed by atoms with Gasteiger partial charge in [0, 0.05) is 11.3 Å². The number of nitrogens with zero attached hydrogens (tertiary/aromatic N) is 2. The van der Waals surface area contributed by atoms with Crippen molar-refractivity contribution in [1.82, 2.24) is 0 Å². The molecule has 0 heterocycles. The van der Waals surface area contributed by atoms with Gasteiger partial charge in [0.05, 0.1) is 20.8 Å². The van der Waals surface area contributed by atoms with Crippen LogP contribution in [0.5, 0.6) is 0 Å². The molecular formula is C14H20N2O4S. The van der Waals surface area contributed by atoms with Crippen molar-refractivity contribution >= 4 is 23.1 Å². The molecule has 1 atom stereocenters. The van der Waals surface area contributed by atoms with E-state index in [2.05, 4.69) is 6.92 Å². The van der Waals surface area contributed by atoms with Gasteiger partial charge in [0.1, 0.15) is 0 Å². The van der Waals surface area contributed by atoms with E-state index in [1.54, 1.807) is 0 Å². The zero-order valence-corrected chi connectivity index (χ0v) is 13.1. The second-order valence-corrected chi connectivity index (χ2v) is 6.42. The lowest BCUT2D eigenvalue weighted by Crippen LogP contribution is -1.99. The zero-order chi connectivity index (χ0) is 15.8. The van der Waals surface area contributed by atoms with E-state index < -0.39 is 9.85 Å². The number of hydrogen-bond acceptors (Lipinski definition) is 5. The smallest absolute Gasteiger partial charge is 0.258 e. The molecule has 0 N–H and O–H groups in total. The van der Waals surface area contributed by atoms with Crippen LogP contribution in [0.4, 0.5) is 11.4 Å². The molecule has 1 rings (SSSR count). The molecule has 0 saturated heterocycles. The van der Waals surface area contributed by atoms with E-state index in [4.69, 9.17) is 0 Å². The number of hydrogen-bond donors (Lipinski definition) is 0. The number of unbranched alkanes of at least 4 members (excludes halogenated alkanes) is 3. The number of rotatable bonds is 9. The van der Waals surface area contributed by atoms with Gasteiger partial charge in [-0.15, -0.1) is 11.8 Å². The predicted octanol–water partition coefficient (Wildman–Crippen LogP) is 4.95. The fourth-order valence-electron chi connectivity index (χ4n) is 2.00. The van der Waals surface area contributed by atoms with Crippen molar-refractivity contribution in [3.63, 3.8) is 0 Å². The maximum absolute atomic E-state index is 11.0. The van der Waals surface area contributed by atoms with Crippen LogP contribution in [0.3, 0.4) is 0 Å². The summed E-state index contributed by atoms with van der Waals surface area (Å²) in [6, 6.07) is 3.83. The van der Waals surface area contributed by atoms with Crippen molar-refractivity contribution in [3.8, 4) is 0 Å². The molecule has 0 saturated carbocycles. The fourth-order valence-corrected chi connectivity index (χ4v) is 3.11. The minimum absolute atomic E-state index is 0.186. The number of thioether (sulfide) groups is 1. The third-order valence-electron chi connectivity index (χ3n) is 3.14. The molecule has 116 valence electrons. The topological polar surface area (TPSA) is 86.3 Å². The second-order valence-electron chi connectivity index (χ2n) is 4.94. The average Bonchev–Trinajstić information content (AvgIpc) is 2.43. The highest BCUT2D eigenvalue weighted by Gasteiger charge is 2.21. The molecule has 0 aliphatic rings. The predicted molar refractivity (Wildman–Crippen MR) is 83.8 cm³/mol. The Bertz CT molecular complexity index is 508. The lowest BCUT2D eigenvalue weighted by Gasteiger charge is -2.11. The highest BCUT2D eigenvalue weighted by atomic mass is 32.2. The van der Waals surface area contributed by atoms with Gasteiger partial charge in [-0.3, -0.25) is 20.2 Å². The van der Waals surface area contributed by atoms with Crippen LogP contribution in [0, 0.1) is 20.2 Å². The molecule has 0 fully saturated rings. The first-order valence-electron chi connectivity index (χ1n) is 7.05. The normalized spacial score (nSPS) is 12.1. The lowest BCUT2D eigenvalue weighted by molar-refractivity contribution is -0.396. The molecule has 0 spiro atoms. The second kappa shape index (κ2) is 8.61.